The Morgan fingerprint density at radius 3 is 2.81 bits per heavy atom. The molecule has 120 valence electrons. The molecule has 1 heterocycles. The molecule has 0 aliphatic heterocycles. The number of guanidine groups is 1. The minimum Gasteiger partial charge on any atom is -0.467 e. The van der Waals surface area contributed by atoms with Gasteiger partial charge in [0.1, 0.15) is 22.1 Å². The van der Waals surface area contributed by atoms with Crippen molar-refractivity contribution in [2.24, 2.45) is 4.99 Å². The van der Waals surface area contributed by atoms with Gasteiger partial charge < -0.3 is 19.8 Å². The van der Waals surface area contributed by atoms with Crippen molar-refractivity contribution < 1.29 is 17.6 Å². The van der Waals surface area contributed by atoms with E-state index in [1.54, 1.807) is 6.26 Å². The summed E-state index contributed by atoms with van der Waals surface area (Å²) in [5.41, 5.74) is 0. The molecule has 0 spiro atoms. The van der Waals surface area contributed by atoms with Gasteiger partial charge in [0, 0.05) is 19.3 Å². The zero-order valence-corrected chi connectivity index (χ0v) is 13.3. The second kappa shape index (κ2) is 9.41. The Hall–Kier alpha value is -1.54. The lowest BCUT2D eigenvalue weighted by Gasteiger charge is -2.11. The quantitative estimate of drug-likeness (QED) is 0.389. The first kappa shape index (κ1) is 17.5. The Morgan fingerprint density at radius 1 is 1.38 bits per heavy atom. The largest absolute Gasteiger partial charge is 0.467 e. The Labute approximate surface area is 125 Å². The molecule has 7 nitrogen and oxygen atoms in total. The van der Waals surface area contributed by atoms with Gasteiger partial charge in [0.15, 0.2) is 5.96 Å². The molecule has 8 heteroatoms. The zero-order chi connectivity index (χ0) is 15.6. The van der Waals surface area contributed by atoms with Crippen LogP contribution < -0.4 is 10.6 Å². The molecule has 0 aliphatic rings. The fourth-order valence-electron chi connectivity index (χ4n) is 1.46. The highest BCUT2D eigenvalue weighted by molar-refractivity contribution is 7.90. The standard InChI is InChI=1S/C13H23N3O4S/c1-3-14-13(16-11-12-5-4-7-20-12)15-6-8-19-9-10-21(2,17)18/h4-5,7H,3,6,8-11H2,1-2H3,(H2,14,15,16). The van der Waals surface area contributed by atoms with Crippen LogP contribution in [0.1, 0.15) is 12.7 Å². The van der Waals surface area contributed by atoms with Crippen molar-refractivity contribution in [2.45, 2.75) is 13.5 Å². The molecule has 2 N–H and O–H groups in total. The predicted octanol–water partition coefficient (Wildman–Crippen LogP) is 0.396. The van der Waals surface area contributed by atoms with Crippen LogP contribution in [0, 0.1) is 0 Å². The molecule has 0 atom stereocenters. The fraction of sp³-hybridized carbons (Fsp3) is 0.615. The number of rotatable bonds is 9. The number of hydrogen-bond acceptors (Lipinski definition) is 5. The molecule has 1 rings (SSSR count). The molecule has 0 bridgehead atoms. The molecule has 0 aromatic carbocycles. The smallest absolute Gasteiger partial charge is 0.191 e. The summed E-state index contributed by atoms with van der Waals surface area (Å²) in [7, 11) is -2.96. The topological polar surface area (TPSA) is 92.9 Å². The Kier molecular flexibility index (Phi) is 7.84. The van der Waals surface area contributed by atoms with E-state index in [-0.39, 0.29) is 12.4 Å². The third kappa shape index (κ3) is 9.09. The molecule has 0 saturated heterocycles. The van der Waals surface area contributed by atoms with Crippen LogP contribution >= 0.6 is 0 Å². The Morgan fingerprint density at radius 2 is 2.19 bits per heavy atom. The third-order valence-electron chi connectivity index (χ3n) is 2.45. The zero-order valence-electron chi connectivity index (χ0n) is 12.5. The van der Waals surface area contributed by atoms with E-state index in [4.69, 9.17) is 9.15 Å². The van der Waals surface area contributed by atoms with Gasteiger partial charge in [0.05, 0.1) is 25.2 Å². The highest BCUT2D eigenvalue weighted by Gasteiger charge is 2.02. The summed E-state index contributed by atoms with van der Waals surface area (Å²) in [4.78, 5) is 4.36. The number of nitrogens with zero attached hydrogens (tertiary/aromatic N) is 1. The van der Waals surface area contributed by atoms with Gasteiger partial charge in [-0.1, -0.05) is 0 Å². The molecule has 0 aliphatic carbocycles. The molecular weight excluding hydrogens is 294 g/mol. The van der Waals surface area contributed by atoms with Gasteiger partial charge in [0.2, 0.25) is 0 Å². The molecule has 0 unspecified atom stereocenters. The van der Waals surface area contributed by atoms with Crippen LogP contribution in [0.25, 0.3) is 0 Å². The maximum absolute atomic E-state index is 10.9. The molecule has 1 aromatic rings. The first-order valence-electron chi connectivity index (χ1n) is 6.81. The normalized spacial score (nSPS) is 12.4. The molecule has 0 saturated carbocycles. The summed E-state index contributed by atoms with van der Waals surface area (Å²) >= 11 is 0. The van der Waals surface area contributed by atoms with Crippen LogP contribution in [-0.2, 0) is 21.1 Å². The second-order valence-corrected chi connectivity index (χ2v) is 6.70. The van der Waals surface area contributed by atoms with Crippen LogP contribution in [0.3, 0.4) is 0 Å². The van der Waals surface area contributed by atoms with E-state index < -0.39 is 9.84 Å². The molecular formula is C13H23N3O4S. The van der Waals surface area contributed by atoms with Crippen LogP contribution in [0.5, 0.6) is 0 Å². The number of sulfone groups is 1. The van der Waals surface area contributed by atoms with Crippen molar-refractivity contribution in [1.29, 1.82) is 0 Å². The van der Waals surface area contributed by atoms with Gasteiger partial charge in [0.25, 0.3) is 0 Å². The van der Waals surface area contributed by atoms with Crippen molar-refractivity contribution >= 4 is 15.8 Å². The lowest BCUT2D eigenvalue weighted by atomic mass is 10.4. The lowest BCUT2D eigenvalue weighted by molar-refractivity contribution is 0.154. The van der Waals surface area contributed by atoms with E-state index in [0.717, 1.165) is 12.3 Å². The van der Waals surface area contributed by atoms with E-state index in [1.165, 1.54) is 6.26 Å². The molecule has 0 radical (unpaired) electrons. The van der Waals surface area contributed by atoms with Gasteiger partial charge in [-0.3, -0.25) is 0 Å². The number of hydrogen-bond donors (Lipinski definition) is 2. The molecule has 1 aromatic heterocycles. The number of ether oxygens (including phenoxy) is 1. The Bertz CT molecular complexity index is 512. The average Bonchev–Trinajstić information content (AvgIpc) is 2.91. The number of aliphatic imine (C=N–C) groups is 1. The average molecular weight is 317 g/mol. The molecule has 0 amide bonds. The fourth-order valence-corrected chi connectivity index (χ4v) is 1.88. The molecule has 0 fully saturated rings. The third-order valence-corrected chi connectivity index (χ3v) is 3.36. The predicted molar refractivity (Wildman–Crippen MR) is 82.1 cm³/mol. The SMILES string of the molecule is CCNC(=NCc1ccco1)NCCOCCS(C)(=O)=O. The van der Waals surface area contributed by atoms with Gasteiger partial charge >= 0.3 is 0 Å². The highest BCUT2D eigenvalue weighted by atomic mass is 32.2. The van der Waals surface area contributed by atoms with Gasteiger partial charge in [-0.05, 0) is 19.1 Å². The maximum atomic E-state index is 10.9. The van der Waals surface area contributed by atoms with E-state index in [0.29, 0.717) is 25.7 Å². The minimum atomic E-state index is -2.96. The summed E-state index contributed by atoms with van der Waals surface area (Å²) in [5.74, 6) is 1.50. The van der Waals surface area contributed by atoms with Gasteiger partial charge in [-0.25, -0.2) is 13.4 Å². The first-order valence-corrected chi connectivity index (χ1v) is 8.87. The van der Waals surface area contributed by atoms with Crippen LogP contribution in [0.4, 0.5) is 0 Å². The van der Waals surface area contributed by atoms with Crippen molar-refractivity contribution in [1.82, 2.24) is 10.6 Å². The van der Waals surface area contributed by atoms with Crippen LogP contribution in [-0.4, -0.2) is 52.7 Å². The van der Waals surface area contributed by atoms with E-state index in [2.05, 4.69) is 15.6 Å². The van der Waals surface area contributed by atoms with Gasteiger partial charge in [-0.2, -0.15) is 0 Å². The maximum Gasteiger partial charge on any atom is 0.191 e. The monoisotopic (exact) mass is 317 g/mol. The number of nitrogens with one attached hydrogen (secondary N) is 2. The summed E-state index contributed by atoms with van der Waals surface area (Å²) < 4.78 is 32.3. The highest BCUT2D eigenvalue weighted by Crippen LogP contribution is 2.00. The molecule has 21 heavy (non-hydrogen) atoms. The van der Waals surface area contributed by atoms with E-state index in [9.17, 15) is 8.42 Å². The summed E-state index contributed by atoms with van der Waals surface area (Å²) in [5, 5.41) is 6.21. The summed E-state index contributed by atoms with van der Waals surface area (Å²) in [6.45, 7) is 4.36. The second-order valence-electron chi connectivity index (χ2n) is 4.44. The van der Waals surface area contributed by atoms with Crippen molar-refractivity contribution in [2.75, 3.05) is 38.3 Å². The van der Waals surface area contributed by atoms with E-state index in [1.807, 2.05) is 19.1 Å². The summed E-state index contributed by atoms with van der Waals surface area (Å²) in [6.07, 6.45) is 2.81. The van der Waals surface area contributed by atoms with Crippen LogP contribution in [0.2, 0.25) is 0 Å². The number of furan rings is 1. The Balaban J connectivity index is 2.23. The minimum absolute atomic E-state index is 0.0413. The summed E-state index contributed by atoms with van der Waals surface area (Å²) in [6, 6.07) is 3.68. The van der Waals surface area contributed by atoms with E-state index >= 15 is 0 Å². The van der Waals surface area contributed by atoms with Crippen molar-refractivity contribution in [3.05, 3.63) is 24.2 Å². The van der Waals surface area contributed by atoms with Crippen LogP contribution in [0.15, 0.2) is 27.8 Å². The lowest BCUT2D eigenvalue weighted by Crippen LogP contribution is -2.39. The van der Waals surface area contributed by atoms with Gasteiger partial charge in [-0.15, -0.1) is 0 Å². The van der Waals surface area contributed by atoms with Crippen molar-refractivity contribution in [3.63, 3.8) is 0 Å². The first-order chi connectivity index (χ1) is 10.0. The van der Waals surface area contributed by atoms with Crippen molar-refractivity contribution in [3.8, 4) is 0 Å².